The molecule has 2 fully saturated rings. The summed E-state index contributed by atoms with van der Waals surface area (Å²) in [7, 11) is 0. The number of carbonyl (C=O) groups excluding carboxylic acids is 1. The maximum atomic E-state index is 12.6. The molecular weight excluding hydrogens is 294 g/mol. The number of carboxylic acid groups (broad SMARTS) is 1. The molecule has 23 heavy (non-hydrogen) atoms. The van der Waals surface area contributed by atoms with Crippen molar-refractivity contribution in [3.63, 3.8) is 0 Å². The monoisotopic (exact) mass is 317 g/mol. The predicted octanol–water partition coefficient (Wildman–Crippen LogP) is 2.80. The number of hydrogen-bond acceptors (Lipinski definition) is 3. The molecule has 0 bridgehead atoms. The summed E-state index contributed by atoms with van der Waals surface area (Å²) in [5.74, 6) is 0.533. The molecule has 1 heterocycles. The van der Waals surface area contributed by atoms with Crippen molar-refractivity contribution < 1.29 is 19.4 Å². The number of piperidine rings is 1. The Morgan fingerprint density at radius 3 is 2.61 bits per heavy atom. The van der Waals surface area contributed by atoms with Gasteiger partial charge in [0.1, 0.15) is 5.75 Å². The van der Waals surface area contributed by atoms with Gasteiger partial charge in [0.2, 0.25) is 0 Å². The molecule has 5 nitrogen and oxygen atoms in total. The Balaban J connectivity index is 1.63. The van der Waals surface area contributed by atoms with E-state index in [4.69, 9.17) is 4.74 Å². The van der Waals surface area contributed by atoms with Gasteiger partial charge in [-0.15, -0.1) is 0 Å². The van der Waals surface area contributed by atoms with Gasteiger partial charge in [0, 0.05) is 18.7 Å². The summed E-state index contributed by atoms with van der Waals surface area (Å²) >= 11 is 0. The standard InChI is InChI=1S/C18H23NO4/c1-18(17(21)22)9-2-10-19(12-18)16(20)14-5-7-15(8-6-14)23-11-13-3-4-13/h5-8,13H,2-4,9-12H2,1H3,(H,21,22). The van der Waals surface area contributed by atoms with Gasteiger partial charge in [0.05, 0.1) is 12.0 Å². The lowest BCUT2D eigenvalue weighted by Crippen LogP contribution is -2.48. The predicted molar refractivity (Wildman–Crippen MR) is 85.5 cm³/mol. The molecule has 1 aromatic rings. The third-order valence-corrected chi connectivity index (χ3v) is 4.78. The van der Waals surface area contributed by atoms with Crippen molar-refractivity contribution in [3.8, 4) is 5.75 Å². The first-order valence-corrected chi connectivity index (χ1v) is 8.23. The minimum Gasteiger partial charge on any atom is -0.493 e. The molecule has 1 atom stereocenters. The summed E-state index contributed by atoms with van der Waals surface area (Å²) in [6, 6.07) is 7.15. The first-order valence-electron chi connectivity index (χ1n) is 8.23. The summed E-state index contributed by atoms with van der Waals surface area (Å²) in [6.07, 6.45) is 3.82. The van der Waals surface area contributed by atoms with E-state index in [1.807, 2.05) is 12.1 Å². The molecule has 1 amide bonds. The van der Waals surface area contributed by atoms with Gasteiger partial charge in [0.15, 0.2) is 0 Å². The molecule has 1 aromatic carbocycles. The lowest BCUT2D eigenvalue weighted by Gasteiger charge is -2.37. The minimum atomic E-state index is -0.846. The van der Waals surface area contributed by atoms with E-state index < -0.39 is 11.4 Å². The molecule has 1 saturated heterocycles. The molecule has 124 valence electrons. The van der Waals surface area contributed by atoms with Crippen LogP contribution in [0.3, 0.4) is 0 Å². The van der Waals surface area contributed by atoms with Gasteiger partial charge in [-0.1, -0.05) is 0 Å². The molecule has 1 unspecified atom stereocenters. The van der Waals surface area contributed by atoms with Crippen LogP contribution in [0.25, 0.3) is 0 Å². The van der Waals surface area contributed by atoms with E-state index in [1.165, 1.54) is 12.8 Å². The first kappa shape index (κ1) is 15.8. The topological polar surface area (TPSA) is 66.8 Å². The number of nitrogens with zero attached hydrogens (tertiary/aromatic N) is 1. The molecule has 2 aliphatic rings. The van der Waals surface area contributed by atoms with Crippen molar-refractivity contribution in [2.24, 2.45) is 11.3 Å². The van der Waals surface area contributed by atoms with Gasteiger partial charge in [-0.3, -0.25) is 9.59 Å². The molecule has 5 heteroatoms. The van der Waals surface area contributed by atoms with Gasteiger partial charge in [-0.2, -0.15) is 0 Å². The molecule has 1 N–H and O–H groups in total. The van der Waals surface area contributed by atoms with E-state index in [-0.39, 0.29) is 12.5 Å². The van der Waals surface area contributed by atoms with Gasteiger partial charge in [-0.05, 0) is 62.8 Å². The van der Waals surface area contributed by atoms with Crippen LogP contribution in [0, 0.1) is 11.3 Å². The van der Waals surface area contributed by atoms with E-state index in [2.05, 4.69) is 0 Å². The number of benzene rings is 1. The van der Waals surface area contributed by atoms with Crippen LogP contribution in [0.4, 0.5) is 0 Å². The molecule has 1 aliphatic carbocycles. The highest BCUT2D eigenvalue weighted by Crippen LogP contribution is 2.31. The van der Waals surface area contributed by atoms with Crippen LogP contribution in [-0.2, 0) is 4.79 Å². The quantitative estimate of drug-likeness (QED) is 0.907. The van der Waals surface area contributed by atoms with Gasteiger partial charge in [0.25, 0.3) is 5.91 Å². The van der Waals surface area contributed by atoms with Crippen molar-refractivity contribution in [3.05, 3.63) is 29.8 Å². The lowest BCUT2D eigenvalue weighted by atomic mass is 9.82. The molecule has 3 rings (SSSR count). The van der Waals surface area contributed by atoms with Crippen molar-refractivity contribution in [1.82, 2.24) is 4.90 Å². The molecular formula is C18H23NO4. The van der Waals surface area contributed by atoms with Crippen molar-refractivity contribution >= 4 is 11.9 Å². The second-order valence-corrected chi connectivity index (χ2v) is 6.97. The Kier molecular flexibility index (Phi) is 4.28. The zero-order chi connectivity index (χ0) is 16.4. The van der Waals surface area contributed by atoms with E-state index in [0.717, 1.165) is 18.8 Å². The largest absolute Gasteiger partial charge is 0.493 e. The number of amides is 1. The smallest absolute Gasteiger partial charge is 0.311 e. The fourth-order valence-electron chi connectivity index (χ4n) is 2.96. The number of rotatable bonds is 5. The Hall–Kier alpha value is -2.04. The van der Waals surface area contributed by atoms with E-state index in [9.17, 15) is 14.7 Å². The second-order valence-electron chi connectivity index (χ2n) is 6.97. The SMILES string of the molecule is CC1(C(=O)O)CCCN(C(=O)c2ccc(OCC3CC3)cc2)C1. The normalized spacial score (nSPS) is 24.3. The van der Waals surface area contributed by atoms with Crippen molar-refractivity contribution in [2.45, 2.75) is 32.6 Å². The molecule has 1 saturated carbocycles. The lowest BCUT2D eigenvalue weighted by molar-refractivity contribution is -0.150. The summed E-state index contributed by atoms with van der Waals surface area (Å²) in [6.45, 7) is 3.34. The third-order valence-electron chi connectivity index (χ3n) is 4.78. The Bertz CT molecular complexity index is 594. The van der Waals surface area contributed by atoms with Crippen LogP contribution < -0.4 is 4.74 Å². The number of aliphatic carboxylic acids is 1. The van der Waals surface area contributed by atoms with Crippen LogP contribution >= 0.6 is 0 Å². The van der Waals surface area contributed by atoms with Crippen LogP contribution in [0.5, 0.6) is 5.75 Å². The number of likely N-dealkylation sites (tertiary alicyclic amines) is 1. The second kappa shape index (κ2) is 6.22. The number of hydrogen-bond donors (Lipinski definition) is 1. The number of carboxylic acids is 1. The van der Waals surface area contributed by atoms with Crippen molar-refractivity contribution in [1.29, 1.82) is 0 Å². The Morgan fingerprint density at radius 1 is 1.30 bits per heavy atom. The maximum absolute atomic E-state index is 12.6. The third kappa shape index (κ3) is 3.66. The zero-order valence-electron chi connectivity index (χ0n) is 13.5. The van der Waals surface area contributed by atoms with Crippen LogP contribution in [0.15, 0.2) is 24.3 Å². The average molecular weight is 317 g/mol. The Morgan fingerprint density at radius 2 is 2.00 bits per heavy atom. The average Bonchev–Trinajstić information content (AvgIpc) is 3.37. The summed E-state index contributed by atoms with van der Waals surface area (Å²) < 4.78 is 5.67. The van der Waals surface area contributed by atoms with E-state index >= 15 is 0 Å². The van der Waals surface area contributed by atoms with Gasteiger partial charge < -0.3 is 14.7 Å². The summed E-state index contributed by atoms with van der Waals surface area (Å²) in [5, 5.41) is 9.36. The van der Waals surface area contributed by atoms with E-state index in [0.29, 0.717) is 24.4 Å². The molecule has 0 radical (unpaired) electrons. The molecule has 0 spiro atoms. The molecule has 0 aromatic heterocycles. The zero-order valence-corrected chi connectivity index (χ0v) is 13.5. The first-order chi connectivity index (χ1) is 11.0. The highest BCUT2D eigenvalue weighted by molar-refractivity contribution is 5.94. The van der Waals surface area contributed by atoms with Crippen LogP contribution in [-0.4, -0.2) is 41.6 Å². The minimum absolute atomic E-state index is 0.106. The van der Waals surface area contributed by atoms with Crippen LogP contribution in [0.1, 0.15) is 43.0 Å². The highest BCUT2D eigenvalue weighted by Gasteiger charge is 2.39. The summed E-state index contributed by atoms with van der Waals surface area (Å²) in [5.41, 5.74) is -0.264. The summed E-state index contributed by atoms with van der Waals surface area (Å²) in [4.78, 5) is 25.6. The maximum Gasteiger partial charge on any atom is 0.311 e. The fourth-order valence-corrected chi connectivity index (χ4v) is 2.96. The fraction of sp³-hybridized carbons (Fsp3) is 0.556. The molecule has 1 aliphatic heterocycles. The number of carbonyl (C=O) groups is 2. The van der Waals surface area contributed by atoms with Gasteiger partial charge >= 0.3 is 5.97 Å². The Labute approximate surface area is 136 Å². The van der Waals surface area contributed by atoms with Crippen molar-refractivity contribution in [2.75, 3.05) is 19.7 Å². The van der Waals surface area contributed by atoms with E-state index in [1.54, 1.807) is 24.0 Å². The van der Waals surface area contributed by atoms with Gasteiger partial charge in [-0.25, -0.2) is 0 Å². The highest BCUT2D eigenvalue weighted by atomic mass is 16.5. The van der Waals surface area contributed by atoms with Crippen LogP contribution in [0.2, 0.25) is 0 Å². The number of ether oxygens (including phenoxy) is 1.